The lowest BCUT2D eigenvalue weighted by molar-refractivity contribution is -0.142. The lowest BCUT2D eigenvalue weighted by atomic mass is 10.1. The fraction of sp³-hybridized carbons (Fsp3) is 0.500. The molecule has 4 fully saturated rings. The van der Waals surface area contributed by atoms with Crippen LogP contribution in [-0.4, -0.2) is 80.1 Å². The van der Waals surface area contributed by atoms with E-state index in [2.05, 4.69) is 31.8 Å². The van der Waals surface area contributed by atoms with E-state index in [1.165, 1.54) is 0 Å². The van der Waals surface area contributed by atoms with Gasteiger partial charge in [-0.3, -0.25) is 9.59 Å². The molecule has 4 atom stereocenters. The molecule has 10 heteroatoms. The van der Waals surface area contributed by atoms with Crippen molar-refractivity contribution >= 4 is 11.8 Å². The van der Waals surface area contributed by atoms with Crippen molar-refractivity contribution in [2.75, 3.05) is 26.3 Å². The van der Waals surface area contributed by atoms with E-state index >= 15 is 0 Å². The molecule has 2 aromatic heterocycles. The Morgan fingerprint density at radius 2 is 1.33 bits per heavy atom. The predicted octanol–water partition coefficient (Wildman–Crippen LogP) is 3.88. The number of likely N-dealkylation sites (tertiary alicyclic amines) is 2. The van der Waals surface area contributed by atoms with E-state index in [1.807, 2.05) is 40.3 Å². The fourth-order valence-electron chi connectivity index (χ4n) is 6.64. The summed E-state index contributed by atoms with van der Waals surface area (Å²) in [6.07, 6.45) is 10.2. The average molecular weight is 569 g/mol. The van der Waals surface area contributed by atoms with Crippen molar-refractivity contribution in [3.63, 3.8) is 0 Å². The molecule has 0 radical (unpaired) electrons. The van der Waals surface area contributed by atoms with Crippen molar-refractivity contribution in [2.45, 2.75) is 75.7 Å². The number of nitrogens with one attached hydrogen (secondary N) is 2. The first-order valence-corrected chi connectivity index (χ1v) is 15.2. The van der Waals surface area contributed by atoms with Crippen LogP contribution in [-0.2, 0) is 19.1 Å². The Hall–Kier alpha value is -3.94. The first-order valence-electron chi connectivity index (χ1n) is 15.2. The summed E-state index contributed by atoms with van der Waals surface area (Å²) in [6, 6.07) is 7.93. The minimum absolute atomic E-state index is 0.0367. The maximum atomic E-state index is 13.0. The van der Waals surface area contributed by atoms with Crippen molar-refractivity contribution in [1.29, 1.82) is 0 Å². The maximum absolute atomic E-state index is 13.0. The van der Waals surface area contributed by atoms with E-state index in [9.17, 15) is 9.59 Å². The summed E-state index contributed by atoms with van der Waals surface area (Å²) in [6.45, 7) is 2.82. The summed E-state index contributed by atoms with van der Waals surface area (Å²) >= 11 is 0. The Morgan fingerprint density at radius 3 is 1.93 bits per heavy atom. The maximum Gasteiger partial charge on any atom is 0.252 e. The number of imidazole rings is 2. The number of aromatic nitrogens is 4. The smallest absolute Gasteiger partial charge is 0.252 e. The largest absolute Gasteiger partial charge is 0.368 e. The summed E-state index contributed by atoms with van der Waals surface area (Å²) in [5.41, 5.74) is 3.53. The van der Waals surface area contributed by atoms with Gasteiger partial charge in [0.15, 0.2) is 0 Å². The Morgan fingerprint density at radius 1 is 0.738 bits per heavy atom. The normalized spacial score (nSPS) is 25.6. The number of H-pyrrole nitrogens is 2. The number of rotatable bonds is 5. The second kappa shape index (κ2) is 11.7. The molecule has 1 aromatic carbocycles. The third kappa shape index (κ3) is 5.35. The van der Waals surface area contributed by atoms with Crippen LogP contribution in [0.1, 0.15) is 86.4 Å². The Balaban J connectivity index is 0.997. The van der Waals surface area contributed by atoms with Gasteiger partial charge in [0.2, 0.25) is 0 Å². The van der Waals surface area contributed by atoms with Gasteiger partial charge in [0, 0.05) is 31.9 Å². The van der Waals surface area contributed by atoms with Gasteiger partial charge in [0.1, 0.15) is 29.6 Å². The zero-order valence-corrected chi connectivity index (χ0v) is 23.7. The van der Waals surface area contributed by atoms with Gasteiger partial charge in [0.05, 0.1) is 30.2 Å². The molecule has 0 spiro atoms. The number of carbonyl (C=O) groups excluding carboxylic acids is 2. The molecule has 6 heterocycles. The van der Waals surface area contributed by atoms with Crippen molar-refractivity contribution in [1.82, 2.24) is 29.7 Å². The number of ether oxygens (including phenoxy) is 2. The minimum atomic E-state index is -0.311. The van der Waals surface area contributed by atoms with Gasteiger partial charge in [0.25, 0.3) is 11.8 Å². The molecule has 2 amide bonds. The quantitative estimate of drug-likeness (QED) is 0.452. The fourth-order valence-corrected chi connectivity index (χ4v) is 6.64. The third-order valence-corrected chi connectivity index (χ3v) is 8.84. The van der Waals surface area contributed by atoms with E-state index in [0.717, 1.165) is 98.6 Å². The first kappa shape index (κ1) is 26.9. The number of aromatic amines is 2. The van der Waals surface area contributed by atoms with Gasteiger partial charge >= 0.3 is 0 Å². The highest BCUT2D eigenvalue weighted by Gasteiger charge is 2.38. The van der Waals surface area contributed by atoms with E-state index in [1.54, 1.807) is 6.20 Å². The molecule has 4 aliphatic rings. The molecule has 3 aromatic rings. The highest BCUT2D eigenvalue weighted by Crippen LogP contribution is 2.34. The number of hydrogen-bond donors (Lipinski definition) is 2. The Kier molecular flexibility index (Phi) is 7.53. The molecule has 10 nitrogen and oxygen atoms in total. The molecule has 4 saturated heterocycles. The lowest BCUT2D eigenvalue weighted by Gasteiger charge is -2.25. The molecule has 218 valence electrons. The van der Waals surface area contributed by atoms with Crippen LogP contribution in [0.15, 0.2) is 36.7 Å². The van der Waals surface area contributed by atoms with Gasteiger partial charge < -0.3 is 29.2 Å². The molecular formula is C32H36N6O4. The molecule has 42 heavy (non-hydrogen) atoms. The molecule has 0 aliphatic carbocycles. The second-order valence-electron chi connectivity index (χ2n) is 11.6. The molecule has 2 N–H and O–H groups in total. The summed E-state index contributed by atoms with van der Waals surface area (Å²) in [7, 11) is 0. The van der Waals surface area contributed by atoms with Crippen molar-refractivity contribution in [3.05, 3.63) is 59.6 Å². The minimum Gasteiger partial charge on any atom is -0.368 e. The summed E-state index contributed by atoms with van der Waals surface area (Å²) < 4.78 is 11.3. The number of benzene rings is 1. The number of carbonyl (C=O) groups is 2. The van der Waals surface area contributed by atoms with Crippen molar-refractivity contribution in [3.8, 4) is 23.1 Å². The third-order valence-electron chi connectivity index (χ3n) is 8.84. The average Bonchev–Trinajstić information content (AvgIpc) is 3.86. The van der Waals surface area contributed by atoms with Crippen LogP contribution in [0.2, 0.25) is 0 Å². The molecular weight excluding hydrogens is 532 g/mol. The van der Waals surface area contributed by atoms with E-state index in [0.29, 0.717) is 13.2 Å². The highest BCUT2D eigenvalue weighted by molar-refractivity contribution is 5.82. The SMILES string of the molecule is O=C([C@@H]1CCCO1)N1CCC[C@H]1c1ncc(C#Cc2ccc(-c3cnc([C@@H]4CCCN4C(=O)[C@@H]4CCCO4)[nH]3)cc2)[nH]1. The molecule has 7 rings (SSSR count). The monoisotopic (exact) mass is 568 g/mol. The summed E-state index contributed by atoms with van der Waals surface area (Å²) in [5.74, 6) is 8.17. The summed E-state index contributed by atoms with van der Waals surface area (Å²) in [4.78, 5) is 45.8. The topological polar surface area (TPSA) is 116 Å². The Labute approximate surface area is 245 Å². The van der Waals surface area contributed by atoms with Crippen molar-refractivity contribution in [2.24, 2.45) is 0 Å². The standard InChI is InChI=1S/C32H36N6O4/c39-31(27-7-3-17-41-27)37-15-1-5-25(37)29-33-19-23(35-29)14-11-21-9-12-22(13-10-21)24-20-34-30(36-24)26-6-2-16-38(26)32(40)28-8-4-18-42-28/h9-10,12-13,19-20,25-28H,1-8,15-18H2,(H,33,35)(H,34,36)/t25-,26-,27-,28-/m0/s1. The van der Waals surface area contributed by atoms with Crippen LogP contribution in [0.5, 0.6) is 0 Å². The van der Waals surface area contributed by atoms with Crippen LogP contribution in [0.25, 0.3) is 11.3 Å². The van der Waals surface area contributed by atoms with Gasteiger partial charge in [-0.1, -0.05) is 18.1 Å². The molecule has 0 saturated carbocycles. The summed E-state index contributed by atoms with van der Waals surface area (Å²) in [5, 5.41) is 0. The zero-order valence-electron chi connectivity index (χ0n) is 23.7. The van der Waals surface area contributed by atoms with Gasteiger partial charge in [-0.25, -0.2) is 9.97 Å². The second-order valence-corrected chi connectivity index (χ2v) is 11.6. The number of hydrogen-bond acceptors (Lipinski definition) is 6. The van der Waals surface area contributed by atoms with Crippen molar-refractivity contribution < 1.29 is 19.1 Å². The number of amides is 2. The van der Waals surface area contributed by atoms with Crippen LogP contribution in [0, 0.1) is 11.8 Å². The van der Waals surface area contributed by atoms with Crippen LogP contribution < -0.4 is 0 Å². The molecule has 4 aliphatic heterocycles. The van der Waals surface area contributed by atoms with E-state index < -0.39 is 0 Å². The first-order chi connectivity index (χ1) is 20.6. The van der Waals surface area contributed by atoms with Crippen LogP contribution in [0.3, 0.4) is 0 Å². The molecule has 0 bridgehead atoms. The number of nitrogens with zero attached hydrogens (tertiary/aromatic N) is 4. The van der Waals surface area contributed by atoms with Gasteiger partial charge in [-0.05, 0) is 75.0 Å². The van der Waals surface area contributed by atoms with Gasteiger partial charge in [-0.15, -0.1) is 0 Å². The Bertz CT molecular complexity index is 1490. The lowest BCUT2D eigenvalue weighted by Crippen LogP contribution is -2.38. The highest BCUT2D eigenvalue weighted by atomic mass is 16.5. The molecule has 0 unspecified atom stereocenters. The van der Waals surface area contributed by atoms with E-state index in [-0.39, 0.29) is 36.1 Å². The zero-order chi connectivity index (χ0) is 28.5. The van der Waals surface area contributed by atoms with E-state index in [4.69, 9.17) is 9.47 Å². The van der Waals surface area contributed by atoms with Crippen LogP contribution >= 0.6 is 0 Å². The van der Waals surface area contributed by atoms with Gasteiger partial charge in [-0.2, -0.15) is 0 Å². The van der Waals surface area contributed by atoms with Crippen LogP contribution in [0.4, 0.5) is 0 Å². The predicted molar refractivity (Wildman–Crippen MR) is 154 cm³/mol.